The second-order valence-corrected chi connectivity index (χ2v) is 3.30. The van der Waals surface area contributed by atoms with Crippen LogP contribution in [0.5, 0.6) is 0 Å². The van der Waals surface area contributed by atoms with Gasteiger partial charge < -0.3 is 5.11 Å². The van der Waals surface area contributed by atoms with Crippen LogP contribution in [0, 0.1) is 10.1 Å². The molecule has 0 fully saturated rings. The highest BCUT2D eigenvalue weighted by Gasteiger charge is 2.14. The number of carboxylic acid groups (broad SMARTS) is 1. The largest absolute Gasteiger partial charge is 0.478 e. The molecule has 0 aliphatic heterocycles. The molecule has 0 unspecified atom stereocenters. The fourth-order valence-electron chi connectivity index (χ4n) is 1.47. The van der Waals surface area contributed by atoms with Gasteiger partial charge in [-0.3, -0.25) is 15.2 Å². The zero-order valence-corrected chi connectivity index (χ0v) is 8.45. The molecule has 0 saturated heterocycles. The summed E-state index contributed by atoms with van der Waals surface area (Å²) < 4.78 is 0. The minimum absolute atomic E-state index is 0.110. The molecule has 2 N–H and O–H groups in total. The smallest absolute Gasteiger partial charge is 0.328 e. The Morgan fingerprint density at radius 3 is 2.94 bits per heavy atom. The number of nitrogens with zero attached hydrogens (tertiary/aromatic N) is 2. The zero-order valence-electron chi connectivity index (χ0n) is 8.45. The Balaban J connectivity index is 2.59. The standard InChI is InChI=1S/C10H7N3O4/c14-10(15)2-1-6-3-8-7(5-11-12-8)9(4-6)13(16)17/h1-5H,(H,11,12)(H,14,15). The number of hydrogen-bond donors (Lipinski definition) is 2. The van der Waals surface area contributed by atoms with Gasteiger partial charge in [0.1, 0.15) is 0 Å². The van der Waals surface area contributed by atoms with Gasteiger partial charge in [-0.1, -0.05) is 0 Å². The average molecular weight is 233 g/mol. The van der Waals surface area contributed by atoms with Crippen molar-refractivity contribution in [1.29, 1.82) is 0 Å². The molecule has 1 heterocycles. The van der Waals surface area contributed by atoms with Crippen molar-refractivity contribution in [3.63, 3.8) is 0 Å². The molecule has 86 valence electrons. The summed E-state index contributed by atoms with van der Waals surface area (Å²) in [5, 5.41) is 26.0. The number of benzene rings is 1. The topological polar surface area (TPSA) is 109 Å². The van der Waals surface area contributed by atoms with E-state index < -0.39 is 10.9 Å². The number of nitrogens with one attached hydrogen (secondary N) is 1. The molecule has 2 aromatic rings. The summed E-state index contributed by atoms with van der Waals surface area (Å²) in [7, 11) is 0. The summed E-state index contributed by atoms with van der Waals surface area (Å²) in [6.45, 7) is 0. The summed E-state index contributed by atoms with van der Waals surface area (Å²) in [5.41, 5.74) is 0.807. The van der Waals surface area contributed by atoms with E-state index in [1.807, 2.05) is 0 Å². The maximum atomic E-state index is 10.8. The molecule has 0 aliphatic carbocycles. The van der Waals surface area contributed by atoms with Crippen molar-refractivity contribution in [3.05, 3.63) is 40.1 Å². The first-order chi connectivity index (χ1) is 8.08. The van der Waals surface area contributed by atoms with E-state index in [0.717, 1.165) is 6.08 Å². The number of hydrogen-bond acceptors (Lipinski definition) is 4. The van der Waals surface area contributed by atoms with Crippen molar-refractivity contribution in [2.75, 3.05) is 0 Å². The Hall–Kier alpha value is -2.70. The highest BCUT2D eigenvalue weighted by molar-refractivity contribution is 5.91. The van der Waals surface area contributed by atoms with Crippen molar-refractivity contribution in [2.24, 2.45) is 0 Å². The van der Waals surface area contributed by atoms with E-state index in [9.17, 15) is 14.9 Å². The van der Waals surface area contributed by atoms with Gasteiger partial charge in [-0.2, -0.15) is 5.10 Å². The Morgan fingerprint density at radius 1 is 1.53 bits per heavy atom. The normalized spacial score (nSPS) is 11.1. The molecule has 0 saturated carbocycles. The summed E-state index contributed by atoms with van der Waals surface area (Å²) in [5.74, 6) is -1.11. The molecular formula is C10H7N3O4. The van der Waals surface area contributed by atoms with Crippen LogP contribution >= 0.6 is 0 Å². The summed E-state index contributed by atoms with van der Waals surface area (Å²) in [6, 6.07) is 2.89. The minimum Gasteiger partial charge on any atom is -0.478 e. The maximum Gasteiger partial charge on any atom is 0.328 e. The molecule has 0 radical (unpaired) electrons. The fourth-order valence-corrected chi connectivity index (χ4v) is 1.47. The predicted molar refractivity (Wildman–Crippen MR) is 59.4 cm³/mol. The molecule has 2 rings (SSSR count). The van der Waals surface area contributed by atoms with E-state index in [1.165, 1.54) is 18.3 Å². The van der Waals surface area contributed by atoms with Crippen LogP contribution in [0.25, 0.3) is 17.0 Å². The SMILES string of the molecule is O=C(O)C=Cc1cc([N+](=O)[O-])c2cn[nH]c2c1. The molecule has 0 aliphatic rings. The molecule has 0 bridgehead atoms. The average Bonchev–Trinajstić information content (AvgIpc) is 2.72. The van der Waals surface area contributed by atoms with Gasteiger partial charge in [0.25, 0.3) is 5.69 Å². The number of rotatable bonds is 3. The van der Waals surface area contributed by atoms with Gasteiger partial charge in [0.15, 0.2) is 0 Å². The van der Waals surface area contributed by atoms with E-state index in [-0.39, 0.29) is 5.69 Å². The molecular weight excluding hydrogens is 226 g/mol. The molecule has 0 spiro atoms. The minimum atomic E-state index is -1.11. The number of H-pyrrole nitrogens is 1. The lowest BCUT2D eigenvalue weighted by Gasteiger charge is -1.96. The molecule has 1 aromatic carbocycles. The molecule has 7 heteroatoms. The maximum absolute atomic E-state index is 10.8. The van der Waals surface area contributed by atoms with Crippen molar-refractivity contribution >= 4 is 28.6 Å². The molecule has 17 heavy (non-hydrogen) atoms. The van der Waals surface area contributed by atoms with Gasteiger partial charge >= 0.3 is 5.97 Å². The number of nitro benzene ring substituents is 1. The number of aromatic nitrogens is 2. The molecule has 0 atom stereocenters. The lowest BCUT2D eigenvalue weighted by molar-refractivity contribution is -0.383. The van der Waals surface area contributed by atoms with Gasteiger partial charge in [-0.05, 0) is 17.7 Å². The van der Waals surface area contributed by atoms with Crippen molar-refractivity contribution in [2.45, 2.75) is 0 Å². The quantitative estimate of drug-likeness (QED) is 0.475. The van der Waals surface area contributed by atoms with Crippen LogP contribution in [0.1, 0.15) is 5.56 Å². The first-order valence-corrected chi connectivity index (χ1v) is 4.60. The van der Waals surface area contributed by atoms with Crippen LogP contribution in [0.3, 0.4) is 0 Å². The Bertz CT molecular complexity index is 630. The number of nitro groups is 1. The predicted octanol–water partition coefficient (Wildman–Crippen LogP) is 1.57. The van der Waals surface area contributed by atoms with E-state index in [1.54, 1.807) is 6.07 Å². The second-order valence-electron chi connectivity index (χ2n) is 3.30. The number of fused-ring (bicyclic) bond motifs is 1. The Labute approximate surface area is 94.5 Å². The van der Waals surface area contributed by atoms with Crippen LogP contribution in [-0.4, -0.2) is 26.2 Å². The third-order valence-corrected chi connectivity index (χ3v) is 2.17. The Kier molecular flexibility index (Phi) is 2.57. The van der Waals surface area contributed by atoms with Crippen molar-refractivity contribution in [1.82, 2.24) is 10.2 Å². The van der Waals surface area contributed by atoms with Crippen LogP contribution in [-0.2, 0) is 4.79 Å². The molecule has 7 nitrogen and oxygen atoms in total. The first-order valence-electron chi connectivity index (χ1n) is 4.60. The fraction of sp³-hybridized carbons (Fsp3) is 0. The third-order valence-electron chi connectivity index (χ3n) is 2.17. The molecule has 0 amide bonds. The van der Waals surface area contributed by atoms with Crippen LogP contribution in [0.4, 0.5) is 5.69 Å². The monoisotopic (exact) mass is 233 g/mol. The highest BCUT2D eigenvalue weighted by Crippen LogP contribution is 2.26. The van der Waals surface area contributed by atoms with E-state index in [0.29, 0.717) is 16.5 Å². The van der Waals surface area contributed by atoms with Gasteiger partial charge in [-0.25, -0.2) is 4.79 Å². The van der Waals surface area contributed by atoms with E-state index >= 15 is 0 Å². The number of non-ortho nitro benzene ring substituents is 1. The van der Waals surface area contributed by atoms with Gasteiger partial charge in [0, 0.05) is 12.1 Å². The lowest BCUT2D eigenvalue weighted by Crippen LogP contribution is -1.90. The third kappa shape index (κ3) is 2.12. The second kappa shape index (κ2) is 4.05. The summed E-state index contributed by atoms with van der Waals surface area (Å²) >= 11 is 0. The molecule has 1 aromatic heterocycles. The summed E-state index contributed by atoms with van der Waals surface area (Å²) in [4.78, 5) is 20.7. The zero-order chi connectivity index (χ0) is 12.4. The summed E-state index contributed by atoms with van der Waals surface area (Å²) in [6.07, 6.45) is 3.56. The number of aromatic amines is 1. The number of carbonyl (C=O) groups is 1. The number of carboxylic acids is 1. The lowest BCUT2D eigenvalue weighted by atomic mass is 10.1. The van der Waals surface area contributed by atoms with Crippen molar-refractivity contribution in [3.8, 4) is 0 Å². The van der Waals surface area contributed by atoms with Crippen LogP contribution < -0.4 is 0 Å². The van der Waals surface area contributed by atoms with Gasteiger partial charge in [-0.15, -0.1) is 0 Å². The van der Waals surface area contributed by atoms with Crippen molar-refractivity contribution < 1.29 is 14.8 Å². The first kappa shape index (κ1) is 10.8. The number of aliphatic carboxylic acids is 1. The highest BCUT2D eigenvalue weighted by atomic mass is 16.6. The van der Waals surface area contributed by atoms with E-state index in [2.05, 4.69) is 10.2 Å². The van der Waals surface area contributed by atoms with Gasteiger partial charge in [0.05, 0.1) is 22.0 Å². The van der Waals surface area contributed by atoms with Crippen LogP contribution in [0.15, 0.2) is 24.4 Å². The van der Waals surface area contributed by atoms with Crippen LogP contribution in [0.2, 0.25) is 0 Å². The van der Waals surface area contributed by atoms with E-state index in [4.69, 9.17) is 5.11 Å². The Morgan fingerprint density at radius 2 is 2.29 bits per heavy atom. The van der Waals surface area contributed by atoms with Gasteiger partial charge in [0.2, 0.25) is 0 Å².